The minimum atomic E-state index is -0.375. The zero-order valence-electron chi connectivity index (χ0n) is 19.8. The normalized spacial score (nSPS) is 15.5. The summed E-state index contributed by atoms with van der Waals surface area (Å²) in [6.07, 6.45) is 1.86. The predicted molar refractivity (Wildman–Crippen MR) is 165 cm³/mol. The van der Waals surface area contributed by atoms with Gasteiger partial charge in [0.2, 0.25) is 0 Å². The average Bonchev–Trinajstić information content (AvgIpc) is 3.12. The summed E-state index contributed by atoms with van der Waals surface area (Å²) in [5.41, 5.74) is 3.03. The zero-order chi connectivity index (χ0) is 26.5. The number of nitrogens with zero attached hydrogens (tertiary/aromatic N) is 2. The summed E-state index contributed by atoms with van der Waals surface area (Å²) in [6, 6.07) is 18.3. The van der Waals surface area contributed by atoms with Crippen LogP contribution < -0.4 is 4.74 Å². The molecule has 1 fully saturated rings. The van der Waals surface area contributed by atoms with Gasteiger partial charge < -0.3 is 9.47 Å². The van der Waals surface area contributed by atoms with Crippen LogP contribution in [0.15, 0.2) is 70.6 Å². The number of amides is 1. The van der Waals surface area contributed by atoms with Gasteiger partial charge in [0.05, 0.1) is 29.9 Å². The van der Waals surface area contributed by atoms with Crippen molar-refractivity contribution in [1.29, 1.82) is 0 Å². The lowest BCUT2D eigenvalue weighted by Crippen LogP contribution is -2.23. The third kappa shape index (κ3) is 7.06. The third-order valence-corrected chi connectivity index (χ3v) is 8.14. The molecule has 0 unspecified atom stereocenters. The number of carbonyl (C=O) groups excluding carboxylic acids is 2. The topological polar surface area (TPSA) is 68.2 Å². The number of likely N-dealkylation sites (N-methyl/N-ethyl adjacent to an activating group) is 1. The first kappa shape index (κ1) is 27.9. The summed E-state index contributed by atoms with van der Waals surface area (Å²) in [6.45, 7) is 2.52. The van der Waals surface area contributed by atoms with Crippen LogP contribution >= 0.6 is 68.5 Å². The van der Waals surface area contributed by atoms with E-state index in [1.54, 1.807) is 38.2 Å². The molecule has 1 saturated heterocycles. The molecule has 0 aliphatic carbocycles. The Morgan fingerprint density at radius 1 is 1.08 bits per heavy atom. The fourth-order valence-corrected chi connectivity index (χ4v) is 6.58. The summed E-state index contributed by atoms with van der Waals surface area (Å²) in [7, 11) is 1.70. The smallest absolute Gasteiger partial charge is 0.338 e. The number of rotatable bonds is 7. The van der Waals surface area contributed by atoms with Crippen molar-refractivity contribution < 1.29 is 19.1 Å². The number of halogens is 3. The van der Waals surface area contributed by atoms with E-state index in [9.17, 15) is 9.59 Å². The van der Waals surface area contributed by atoms with E-state index in [4.69, 9.17) is 21.1 Å². The zero-order valence-corrected chi connectivity index (χ0v) is 25.7. The molecule has 37 heavy (non-hydrogen) atoms. The molecule has 1 heterocycles. The van der Waals surface area contributed by atoms with Gasteiger partial charge in [-0.3, -0.25) is 9.69 Å². The average molecular weight is 759 g/mol. The van der Waals surface area contributed by atoms with Gasteiger partial charge in [-0.2, -0.15) is 0 Å². The van der Waals surface area contributed by atoms with Gasteiger partial charge in [0.15, 0.2) is 5.17 Å². The molecule has 1 amide bonds. The van der Waals surface area contributed by atoms with Crippen molar-refractivity contribution in [2.45, 2.75) is 13.5 Å². The molecule has 4 rings (SSSR count). The second kappa shape index (κ2) is 12.6. The largest absolute Gasteiger partial charge is 0.487 e. The van der Waals surface area contributed by atoms with Gasteiger partial charge in [0.25, 0.3) is 5.91 Å². The van der Waals surface area contributed by atoms with Crippen molar-refractivity contribution in [3.05, 3.63) is 94.4 Å². The summed E-state index contributed by atoms with van der Waals surface area (Å²) < 4.78 is 13.0. The summed E-state index contributed by atoms with van der Waals surface area (Å²) >= 11 is 11.8. The SMILES string of the molecule is CCOC(=O)c1ccc(N=C2S/C(=C\c3cc(I)c(OCc4ccc(Cl)cc4)c(I)c3)C(=O)N2C)cc1. The summed E-state index contributed by atoms with van der Waals surface area (Å²) in [4.78, 5) is 31.5. The molecule has 0 radical (unpaired) electrons. The number of amidine groups is 1. The molecule has 0 spiro atoms. The van der Waals surface area contributed by atoms with Gasteiger partial charge in [0, 0.05) is 12.1 Å². The molecule has 0 aromatic heterocycles. The van der Waals surface area contributed by atoms with E-state index in [2.05, 4.69) is 50.2 Å². The highest BCUT2D eigenvalue weighted by Crippen LogP contribution is 2.35. The van der Waals surface area contributed by atoms with Crippen LogP contribution in [0, 0.1) is 7.14 Å². The van der Waals surface area contributed by atoms with Crippen LogP contribution in [0.4, 0.5) is 5.69 Å². The van der Waals surface area contributed by atoms with E-state index in [-0.39, 0.29) is 11.9 Å². The molecule has 0 atom stereocenters. The van der Waals surface area contributed by atoms with Crippen molar-refractivity contribution in [2.24, 2.45) is 4.99 Å². The van der Waals surface area contributed by atoms with E-state index in [0.29, 0.717) is 39.6 Å². The monoisotopic (exact) mass is 758 g/mol. The van der Waals surface area contributed by atoms with Crippen LogP contribution in [0.2, 0.25) is 5.02 Å². The Kier molecular flexibility index (Phi) is 9.54. The minimum Gasteiger partial charge on any atom is -0.487 e. The van der Waals surface area contributed by atoms with E-state index in [1.165, 1.54) is 16.7 Å². The van der Waals surface area contributed by atoms with Crippen molar-refractivity contribution in [3.63, 3.8) is 0 Å². The Morgan fingerprint density at radius 3 is 2.35 bits per heavy atom. The van der Waals surface area contributed by atoms with E-state index < -0.39 is 0 Å². The number of thioether (sulfide) groups is 1. The number of esters is 1. The standard InChI is InChI=1S/C27H21ClI2N2O4S/c1-3-35-26(34)18-6-10-20(11-7-18)31-27-32(2)25(33)23(37-27)14-17-12-21(29)24(22(30)13-17)36-15-16-4-8-19(28)9-5-16/h4-14H,3,15H2,1-2H3/b23-14-,31-27?. The second-order valence-corrected chi connectivity index (χ2v) is 11.6. The molecule has 3 aromatic rings. The molecule has 3 aromatic carbocycles. The third-order valence-electron chi connectivity index (χ3n) is 5.22. The highest BCUT2D eigenvalue weighted by atomic mass is 127. The molecule has 1 aliphatic rings. The maximum Gasteiger partial charge on any atom is 0.338 e. The van der Waals surface area contributed by atoms with Gasteiger partial charge in [-0.25, -0.2) is 9.79 Å². The Bertz CT molecular complexity index is 1370. The first-order chi connectivity index (χ1) is 17.7. The van der Waals surface area contributed by atoms with Crippen LogP contribution in [-0.4, -0.2) is 35.6 Å². The first-order valence-electron chi connectivity index (χ1n) is 11.1. The molecule has 190 valence electrons. The van der Waals surface area contributed by atoms with E-state index in [1.807, 2.05) is 42.5 Å². The van der Waals surface area contributed by atoms with Crippen LogP contribution in [0.3, 0.4) is 0 Å². The molecule has 0 bridgehead atoms. The van der Waals surface area contributed by atoms with Crippen molar-refractivity contribution in [2.75, 3.05) is 13.7 Å². The lowest BCUT2D eigenvalue weighted by atomic mass is 10.2. The van der Waals surface area contributed by atoms with Crippen molar-refractivity contribution >= 4 is 97.4 Å². The van der Waals surface area contributed by atoms with Gasteiger partial charge in [-0.1, -0.05) is 23.7 Å². The van der Waals surface area contributed by atoms with Crippen LogP contribution in [0.25, 0.3) is 6.08 Å². The Hall–Kier alpha value is -2.09. The van der Waals surface area contributed by atoms with Gasteiger partial charge in [0.1, 0.15) is 12.4 Å². The first-order valence-corrected chi connectivity index (χ1v) is 14.5. The number of aliphatic imine (C=N–C) groups is 1. The maximum absolute atomic E-state index is 12.9. The molecular formula is C27H21ClI2N2O4S. The second-order valence-electron chi connectivity index (χ2n) is 7.87. The summed E-state index contributed by atoms with van der Waals surface area (Å²) in [5, 5.41) is 1.25. The molecule has 10 heteroatoms. The highest BCUT2D eigenvalue weighted by molar-refractivity contribution is 14.1. The highest BCUT2D eigenvalue weighted by Gasteiger charge is 2.30. The maximum atomic E-state index is 12.9. The van der Waals surface area contributed by atoms with Crippen molar-refractivity contribution in [1.82, 2.24) is 4.90 Å². The van der Waals surface area contributed by atoms with Gasteiger partial charge in [-0.05, 0) is 130 Å². The predicted octanol–water partition coefficient (Wildman–Crippen LogP) is 7.54. The van der Waals surface area contributed by atoms with Gasteiger partial charge in [-0.15, -0.1) is 0 Å². The van der Waals surface area contributed by atoms with Gasteiger partial charge >= 0.3 is 5.97 Å². The number of carbonyl (C=O) groups is 2. The quantitative estimate of drug-likeness (QED) is 0.142. The lowest BCUT2D eigenvalue weighted by Gasteiger charge is -2.12. The molecule has 6 nitrogen and oxygen atoms in total. The summed E-state index contributed by atoms with van der Waals surface area (Å²) in [5.74, 6) is 0.300. The Morgan fingerprint density at radius 2 is 1.73 bits per heavy atom. The van der Waals surface area contributed by atoms with Crippen LogP contribution in [0.1, 0.15) is 28.4 Å². The van der Waals surface area contributed by atoms with Crippen LogP contribution in [-0.2, 0) is 16.1 Å². The lowest BCUT2D eigenvalue weighted by molar-refractivity contribution is -0.121. The molecular weight excluding hydrogens is 738 g/mol. The van der Waals surface area contributed by atoms with Crippen LogP contribution in [0.5, 0.6) is 5.75 Å². The Balaban J connectivity index is 1.49. The molecule has 1 aliphatic heterocycles. The minimum absolute atomic E-state index is 0.125. The fourth-order valence-electron chi connectivity index (χ4n) is 3.34. The van der Waals surface area contributed by atoms with E-state index >= 15 is 0 Å². The fraction of sp³-hybridized carbons (Fsp3) is 0.148. The Labute approximate surface area is 251 Å². The number of hydrogen-bond acceptors (Lipinski definition) is 6. The number of hydrogen-bond donors (Lipinski definition) is 0. The van der Waals surface area contributed by atoms with Crippen molar-refractivity contribution in [3.8, 4) is 5.75 Å². The number of benzene rings is 3. The molecule has 0 N–H and O–H groups in total. The van der Waals surface area contributed by atoms with E-state index in [0.717, 1.165) is 24.0 Å². The number of ether oxygens (including phenoxy) is 2. The molecule has 0 saturated carbocycles.